The lowest BCUT2D eigenvalue weighted by Crippen LogP contribution is -2.37. The maximum Gasteiger partial charge on any atom is 0.472 e. The third-order valence-electron chi connectivity index (χ3n) is 9.14. The number of unbranched alkanes of at least 4 members (excludes halogenated alkanes) is 19. The van der Waals surface area contributed by atoms with E-state index in [0.717, 1.165) is 70.6 Å². The first-order valence-corrected chi connectivity index (χ1v) is 23.2. The third-order valence-corrected chi connectivity index (χ3v) is 10.1. The molecule has 10 heteroatoms. The van der Waals surface area contributed by atoms with E-state index in [9.17, 15) is 19.0 Å². The molecule has 0 saturated carbocycles. The largest absolute Gasteiger partial charge is 0.472 e. The number of esters is 2. The lowest BCUT2D eigenvalue weighted by Gasteiger charge is -2.24. The molecule has 0 aromatic rings. The van der Waals surface area contributed by atoms with E-state index in [2.05, 4.69) is 50.3 Å². The Hall–Kier alpha value is -1.77. The molecule has 0 aromatic carbocycles. The number of phosphoric acid groups is 1. The number of quaternary nitrogens is 1. The maximum atomic E-state index is 12.7. The second kappa shape index (κ2) is 36.8. The fraction of sp³-hybridized carbons (Fsp3) is 0.818. The molecule has 0 saturated heterocycles. The van der Waals surface area contributed by atoms with Gasteiger partial charge in [0.2, 0.25) is 0 Å². The average molecular weight is 785 g/mol. The molecule has 0 radical (unpaired) electrons. The fourth-order valence-corrected chi connectivity index (χ4v) is 6.43. The molecular weight excluding hydrogens is 701 g/mol. The average Bonchev–Trinajstić information content (AvgIpc) is 3.12. The molecule has 0 rings (SSSR count). The van der Waals surface area contributed by atoms with Crippen LogP contribution in [0.1, 0.15) is 181 Å². The zero-order valence-electron chi connectivity index (χ0n) is 35.5. The summed E-state index contributed by atoms with van der Waals surface area (Å²) in [7, 11) is 1.46. The van der Waals surface area contributed by atoms with Gasteiger partial charge in [-0.05, 0) is 70.6 Å². The lowest BCUT2D eigenvalue weighted by molar-refractivity contribution is -0.870. The molecule has 0 bridgehead atoms. The van der Waals surface area contributed by atoms with Crippen molar-refractivity contribution in [1.82, 2.24) is 0 Å². The number of hydrogen-bond donors (Lipinski definition) is 1. The van der Waals surface area contributed by atoms with E-state index in [1.165, 1.54) is 77.0 Å². The molecule has 54 heavy (non-hydrogen) atoms. The summed E-state index contributed by atoms with van der Waals surface area (Å²) in [5.74, 6) is -0.818. The van der Waals surface area contributed by atoms with Gasteiger partial charge < -0.3 is 18.9 Å². The Morgan fingerprint density at radius 3 is 1.52 bits per heavy atom. The smallest absolute Gasteiger partial charge is 0.462 e. The normalized spacial score (nSPS) is 14.0. The van der Waals surface area contributed by atoms with Crippen molar-refractivity contribution in [1.29, 1.82) is 0 Å². The minimum Gasteiger partial charge on any atom is -0.462 e. The zero-order valence-corrected chi connectivity index (χ0v) is 36.3. The highest BCUT2D eigenvalue weighted by atomic mass is 31.2. The summed E-state index contributed by atoms with van der Waals surface area (Å²) in [6.45, 7) is 4.36. The van der Waals surface area contributed by atoms with Crippen LogP contribution in [0.25, 0.3) is 0 Å². The summed E-state index contributed by atoms with van der Waals surface area (Å²) in [5.41, 5.74) is 0. The van der Waals surface area contributed by atoms with Crippen molar-refractivity contribution < 1.29 is 42.1 Å². The molecule has 0 heterocycles. The van der Waals surface area contributed by atoms with E-state index in [0.29, 0.717) is 17.4 Å². The molecule has 1 N–H and O–H groups in total. The molecule has 0 aliphatic rings. The second-order valence-corrected chi connectivity index (χ2v) is 17.2. The van der Waals surface area contributed by atoms with Crippen LogP contribution in [-0.2, 0) is 32.7 Å². The fourth-order valence-electron chi connectivity index (χ4n) is 5.68. The number of carbonyl (C=O) groups is 2. The second-order valence-electron chi connectivity index (χ2n) is 15.7. The molecule has 0 fully saturated rings. The Balaban J connectivity index is 4.39. The summed E-state index contributed by atoms with van der Waals surface area (Å²) in [5, 5.41) is 0. The van der Waals surface area contributed by atoms with E-state index in [4.69, 9.17) is 18.5 Å². The van der Waals surface area contributed by atoms with E-state index in [-0.39, 0.29) is 32.0 Å². The van der Waals surface area contributed by atoms with E-state index in [1.54, 1.807) is 0 Å². The van der Waals surface area contributed by atoms with Crippen LogP contribution >= 0.6 is 7.82 Å². The quantitative estimate of drug-likeness (QED) is 0.0216. The standard InChI is InChI=1S/C44H82NO8P/c1-6-8-10-12-14-16-18-20-21-22-23-25-27-29-31-33-35-37-44(47)53-42(41-52-54(48,49)51-39-38-45(3,4)5)40-50-43(46)36-34-32-30-28-26-24-19-17-15-13-11-9-7-2/h14,16-17,19-21,42H,6-13,15,18,22-41H2,1-5H3/p+1/b16-14-,19-17-,21-20-/t42-/m1/s1. The minimum absolute atomic E-state index is 0.0285. The van der Waals surface area contributed by atoms with Gasteiger partial charge in [0, 0.05) is 12.8 Å². The van der Waals surface area contributed by atoms with Crippen LogP contribution in [0.3, 0.4) is 0 Å². The molecule has 0 aliphatic heterocycles. The monoisotopic (exact) mass is 785 g/mol. The summed E-state index contributed by atoms with van der Waals surface area (Å²) in [4.78, 5) is 35.3. The number of phosphoric ester groups is 1. The molecule has 0 spiro atoms. The van der Waals surface area contributed by atoms with Crippen LogP contribution in [0.5, 0.6) is 0 Å². The van der Waals surface area contributed by atoms with Crippen molar-refractivity contribution in [2.75, 3.05) is 47.5 Å². The number of rotatable bonds is 39. The highest BCUT2D eigenvalue weighted by Crippen LogP contribution is 2.43. The molecule has 1 unspecified atom stereocenters. The lowest BCUT2D eigenvalue weighted by atomic mass is 10.1. The Morgan fingerprint density at radius 2 is 1.00 bits per heavy atom. The predicted octanol–water partition coefficient (Wildman–Crippen LogP) is 12.1. The van der Waals surface area contributed by atoms with Crippen LogP contribution in [0, 0.1) is 0 Å². The molecular formula is C44H83NO8P+. The number of carbonyl (C=O) groups excluding carboxylic acids is 2. The Kier molecular flexibility index (Phi) is 35.6. The van der Waals surface area contributed by atoms with E-state index >= 15 is 0 Å². The molecule has 0 aliphatic carbocycles. The van der Waals surface area contributed by atoms with Gasteiger partial charge in [-0.25, -0.2) is 4.57 Å². The van der Waals surface area contributed by atoms with Crippen LogP contribution in [0.15, 0.2) is 36.5 Å². The summed E-state index contributed by atoms with van der Waals surface area (Å²) in [6.07, 6.45) is 40.4. The molecule has 2 atom stereocenters. The van der Waals surface area contributed by atoms with Crippen molar-refractivity contribution in [2.45, 2.75) is 187 Å². The highest BCUT2D eigenvalue weighted by Gasteiger charge is 2.27. The van der Waals surface area contributed by atoms with E-state index in [1.807, 2.05) is 21.1 Å². The van der Waals surface area contributed by atoms with Crippen LogP contribution in [0.4, 0.5) is 0 Å². The van der Waals surface area contributed by atoms with Crippen molar-refractivity contribution in [3.8, 4) is 0 Å². The van der Waals surface area contributed by atoms with Crippen molar-refractivity contribution >= 4 is 19.8 Å². The molecule has 316 valence electrons. The highest BCUT2D eigenvalue weighted by molar-refractivity contribution is 7.47. The van der Waals surface area contributed by atoms with Gasteiger partial charge >= 0.3 is 19.8 Å². The first-order chi connectivity index (χ1) is 26.0. The van der Waals surface area contributed by atoms with Crippen LogP contribution < -0.4 is 0 Å². The van der Waals surface area contributed by atoms with Gasteiger partial charge in [0.15, 0.2) is 6.10 Å². The topological polar surface area (TPSA) is 108 Å². The maximum absolute atomic E-state index is 12.7. The first kappa shape index (κ1) is 52.2. The van der Waals surface area contributed by atoms with Crippen LogP contribution in [0.2, 0.25) is 0 Å². The summed E-state index contributed by atoms with van der Waals surface area (Å²) in [6, 6.07) is 0. The first-order valence-electron chi connectivity index (χ1n) is 21.7. The van der Waals surface area contributed by atoms with E-state index < -0.39 is 26.5 Å². The third kappa shape index (κ3) is 39.9. The Bertz CT molecular complexity index is 1020. The van der Waals surface area contributed by atoms with Crippen molar-refractivity contribution in [2.24, 2.45) is 0 Å². The minimum atomic E-state index is -4.38. The number of hydrogen-bond acceptors (Lipinski definition) is 7. The number of ether oxygens (including phenoxy) is 2. The molecule has 9 nitrogen and oxygen atoms in total. The van der Waals surface area contributed by atoms with Crippen LogP contribution in [-0.4, -0.2) is 74.9 Å². The predicted molar refractivity (Wildman–Crippen MR) is 224 cm³/mol. The molecule has 0 amide bonds. The van der Waals surface area contributed by atoms with Crippen molar-refractivity contribution in [3.63, 3.8) is 0 Å². The SMILES string of the molecule is CCCCC/C=C\C/C=C\CCCCCCCCCC(=O)O[C@H](COC(=O)CCCCCCC/C=C\CCCCCC)COP(=O)(O)OCC[N+](C)(C)C. The van der Waals surface area contributed by atoms with Gasteiger partial charge in [0.1, 0.15) is 19.8 Å². The van der Waals surface area contributed by atoms with Gasteiger partial charge in [-0.3, -0.25) is 18.6 Å². The molecule has 0 aromatic heterocycles. The Morgan fingerprint density at radius 1 is 0.574 bits per heavy atom. The van der Waals surface area contributed by atoms with Gasteiger partial charge in [-0.1, -0.05) is 134 Å². The number of allylic oxidation sites excluding steroid dienone is 6. The summed E-state index contributed by atoms with van der Waals surface area (Å²) < 4.78 is 34.3. The van der Waals surface area contributed by atoms with Gasteiger partial charge in [0.25, 0.3) is 0 Å². The van der Waals surface area contributed by atoms with Gasteiger partial charge in [-0.15, -0.1) is 0 Å². The van der Waals surface area contributed by atoms with Gasteiger partial charge in [-0.2, -0.15) is 0 Å². The Labute approximate surface area is 331 Å². The number of likely N-dealkylation sites (N-methyl/N-ethyl adjacent to an activating group) is 1. The summed E-state index contributed by atoms with van der Waals surface area (Å²) >= 11 is 0. The number of nitrogens with zero attached hydrogens (tertiary/aromatic N) is 1. The zero-order chi connectivity index (χ0) is 40.0. The van der Waals surface area contributed by atoms with Crippen molar-refractivity contribution in [3.05, 3.63) is 36.5 Å². The van der Waals surface area contributed by atoms with Gasteiger partial charge in [0.05, 0.1) is 27.7 Å².